The van der Waals surface area contributed by atoms with E-state index in [4.69, 9.17) is 0 Å². The third-order valence-corrected chi connectivity index (χ3v) is 6.41. The van der Waals surface area contributed by atoms with Gasteiger partial charge in [0.1, 0.15) is 5.00 Å². The molecule has 0 spiro atoms. The smallest absolute Gasteiger partial charge is 0.339 e. The van der Waals surface area contributed by atoms with Gasteiger partial charge in [-0.1, -0.05) is 38.5 Å². The summed E-state index contributed by atoms with van der Waals surface area (Å²) in [6.07, 6.45) is 2.62. The molecule has 0 radical (unpaired) electrons. The predicted molar refractivity (Wildman–Crippen MR) is 105 cm³/mol. The van der Waals surface area contributed by atoms with E-state index in [1.165, 1.54) is 11.3 Å². The van der Waals surface area contributed by atoms with Crippen LogP contribution in [0.5, 0.6) is 0 Å². The Morgan fingerprint density at radius 1 is 1.19 bits per heavy atom. The van der Waals surface area contributed by atoms with Crippen molar-refractivity contribution in [3.05, 3.63) is 51.4 Å². The highest BCUT2D eigenvalue weighted by atomic mass is 32.1. The second kappa shape index (κ2) is 6.88. The van der Waals surface area contributed by atoms with Gasteiger partial charge in [-0.15, -0.1) is 11.3 Å². The van der Waals surface area contributed by atoms with Crippen molar-refractivity contribution in [2.45, 2.75) is 47.0 Å². The molecule has 2 aromatic rings. The first-order valence-electron chi connectivity index (χ1n) is 8.92. The Bertz CT molecular complexity index is 843. The monoisotopic (exact) mass is 371 g/mol. The van der Waals surface area contributed by atoms with E-state index in [2.05, 4.69) is 26.1 Å². The van der Waals surface area contributed by atoms with Crippen LogP contribution in [0.4, 0.5) is 5.00 Å². The van der Waals surface area contributed by atoms with Crippen LogP contribution in [0.2, 0.25) is 0 Å². The maximum Gasteiger partial charge on any atom is 0.339 e. The molecule has 4 nitrogen and oxygen atoms in total. The Kier molecular flexibility index (Phi) is 4.93. The summed E-state index contributed by atoms with van der Waals surface area (Å²) in [6.45, 7) is 8.65. The maximum atomic E-state index is 12.5. The average molecular weight is 372 g/mol. The minimum atomic E-state index is -0.962. The van der Waals surface area contributed by atoms with Crippen LogP contribution in [0.3, 0.4) is 0 Å². The van der Waals surface area contributed by atoms with Crippen LogP contribution >= 0.6 is 11.3 Å². The van der Waals surface area contributed by atoms with Crippen LogP contribution < -0.4 is 5.32 Å². The van der Waals surface area contributed by atoms with Crippen LogP contribution in [0.25, 0.3) is 0 Å². The molecular formula is C21H25NO3S. The third-order valence-electron chi connectivity index (χ3n) is 5.24. The molecule has 1 aromatic carbocycles. The van der Waals surface area contributed by atoms with Gasteiger partial charge in [-0.05, 0) is 55.2 Å². The Balaban J connectivity index is 1.91. The number of anilines is 1. The van der Waals surface area contributed by atoms with E-state index < -0.39 is 5.97 Å². The summed E-state index contributed by atoms with van der Waals surface area (Å²) in [7, 11) is 0. The van der Waals surface area contributed by atoms with Gasteiger partial charge in [0.2, 0.25) is 0 Å². The van der Waals surface area contributed by atoms with Gasteiger partial charge in [0.25, 0.3) is 5.91 Å². The Morgan fingerprint density at radius 3 is 2.42 bits per heavy atom. The summed E-state index contributed by atoms with van der Waals surface area (Å²) < 4.78 is 0. The molecule has 1 atom stereocenters. The largest absolute Gasteiger partial charge is 0.478 e. The molecule has 0 fully saturated rings. The topological polar surface area (TPSA) is 66.4 Å². The molecule has 0 saturated carbocycles. The number of nitrogens with one attached hydrogen (secondary N) is 1. The number of carbonyl (C=O) groups excluding carboxylic acids is 1. The Morgan fingerprint density at radius 2 is 1.85 bits per heavy atom. The molecular weight excluding hydrogens is 346 g/mol. The molecule has 1 unspecified atom stereocenters. The zero-order chi connectivity index (χ0) is 19.1. The van der Waals surface area contributed by atoms with E-state index in [0.29, 0.717) is 16.5 Å². The number of hydrogen-bond donors (Lipinski definition) is 2. The lowest BCUT2D eigenvalue weighted by Crippen LogP contribution is -2.26. The normalized spacial score (nSPS) is 16.8. The van der Waals surface area contributed by atoms with Crippen molar-refractivity contribution >= 4 is 28.2 Å². The Hall–Kier alpha value is -2.14. The SMILES string of the molecule is Cc1ccc(C(=O)Nc2sc3c(c2C(=O)O)CCC(C(C)(C)C)C3)cc1. The predicted octanol–water partition coefficient (Wildman–Crippen LogP) is 5.16. The first kappa shape index (κ1) is 18.6. The molecule has 5 heteroatoms. The summed E-state index contributed by atoms with van der Waals surface area (Å²) in [6, 6.07) is 7.27. The molecule has 2 N–H and O–H groups in total. The zero-order valence-corrected chi connectivity index (χ0v) is 16.5. The van der Waals surface area contributed by atoms with Crippen molar-refractivity contribution in [2.24, 2.45) is 11.3 Å². The number of carbonyl (C=O) groups is 2. The van der Waals surface area contributed by atoms with Gasteiger partial charge in [-0.3, -0.25) is 4.79 Å². The summed E-state index contributed by atoms with van der Waals surface area (Å²) in [5.74, 6) is -0.703. The zero-order valence-electron chi connectivity index (χ0n) is 15.7. The highest BCUT2D eigenvalue weighted by Crippen LogP contribution is 2.44. The number of aromatic carboxylic acids is 1. The molecule has 0 aliphatic heterocycles. The van der Waals surface area contributed by atoms with Gasteiger partial charge in [-0.2, -0.15) is 0 Å². The Labute approximate surface area is 158 Å². The second-order valence-electron chi connectivity index (χ2n) is 8.14. The molecule has 1 aliphatic carbocycles. The number of carboxylic acid groups (broad SMARTS) is 1. The number of carboxylic acids is 1. The lowest BCUT2D eigenvalue weighted by Gasteiger charge is -2.33. The molecule has 26 heavy (non-hydrogen) atoms. The van der Waals surface area contributed by atoms with Crippen molar-refractivity contribution < 1.29 is 14.7 Å². The van der Waals surface area contributed by atoms with Gasteiger partial charge >= 0.3 is 5.97 Å². The minimum absolute atomic E-state index is 0.191. The van der Waals surface area contributed by atoms with Crippen LogP contribution in [0, 0.1) is 18.3 Å². The average Bonchev–Trinajstić information content (AvgIpc) is 2.91. The van der Waals surface area contributed by atoms with Crippen molar-refractivity contribution in [2.75, 3.05) is 5.32 Å². The van der Waals surface area contributed by atoms with E-state index in [1.54, 1.807) is 12.1 Å². The van der Waals surface area contributed by atoms with E-state index in [-0.39, 0.29) is 16.9 Å². The second-order valence-corrected chi connectivity index (χ2v) is 9.24. The lowest BCUT2D eigenvalue weighted by molar-refractivity contribution is 0.0696. The maximum absolute atomic E-state index is 12.5. The van der Waals surface area contributed by atoms with Gasteiger partial charge in [0.15, 0.2) is 0 Å². The molecule has 3 rings (SSSR count). The fraction of sp³-hybridized carbons (Fsp3) is 0.429. The number of rotatable bonds is 3. The first-order valence-corrected chi connectivity index (χ1v) is 9.74. The van der Waals surface area contributed by atoms with Gasteiger partial charge in [0, 0.05) is 10.4 Å². The lowest BCUT2D eigenvalue weighted by atomic mass is 9.72. The molecule has 0 bridgehead atoms. The fourth-order valence-electron chi connectivity index (χ4n) is 3.52. The molecule has 138 valence electrons. The van der Waals surface area contributed by atoms with E-state index >= 15 is 0 Å². The van der Waals surface area contributed by atoms with Crippen molar-refractivity contribution in [1.29, 1.82) is 0 Å². The van der Waals surface area contributed by atoms with Crippen LogP contribution in [0.1, 0.15) is 63.9 Å². The number of benzene rings is 1. The standard InChI is InChI=1S/C21H25NO3S/c1-12-5-7-13(8-6-12)18(23)22-19-17(20(24)25)15-10-9-14(21(2,3)4)11-16(15)26-19/h5-8,14H,9-11H2,1-4H3,(H,22,23)(H,24,25). The molecule has 1 aromatic heterocycles. The van der Waals surface area contributed by atoms with Crippen molar-refractivity contribution in [1.82, 2.24) is 0 Å². The third kappa shape index (κ3) is 3.68. The highest BCUT2D eigenvalue weighted by Gasteiger charge is 2.34. The molecule has 1 amide bonds. The van der Waals surface area contributed by atoms with Crippen molar-refractivity contribution in [3.63, 3.8) is 0 Å². The van der Waals surface area contributed by atoms with E-state index in [0.717, 1.165) is 35.3 Å². The quantitative estimate of drug-likeness (QED) is 0.783. The van der Waals surface area contributed by atoms with Crippen LogP contribution in [0.15, 0.2) is 24.3 Å². The highest BCUT2D eigenvalue weighted by molar-refractivity contribution is 7.17. The summed E-state index contributed by atoms with van der Waals surface area (Å²) in [4.78, 5) is 25.5. The van der Waals surface area contributed by atoms with E-state index in [9.17, 15) is 14.7 Å². The molecule has 1 aliphatic rings. The van der Waals surface area contributed by atoms with Crippen LogP contribution in [-0.4, -0.2) is 17.0 Å². The number of amides is 1. The van der Waals surface area contributed by atoms with Crippen molar-refractivity contribution in [3.8, 4) is 0 Å². The first-order chi connectivity index (χ1) is 12.2. The number of fused-ring (bicyclic) bond motifs is 1. The molecule has 1 heterocycles. The van der Waals surface area contributed by atoms with Gasteiger partial charge in [0.05, 0.1) is 5.56 Å². The van der Waals surface area contributed by atoms with Gasteiger partial charge < -0.3 is 10.4 Å². The summed E-state index contributed by atoms with van der Waals surface area (Å²) >= 11 is 1.42. The summed E-state index contributed by atoms with van der Waals surface area (Å²) in [5, 5.41) is 13.0. The van der Waals surface area contributed by atoms with Crippen LogP contribution in [-0.2, 0) is 12.8 Å². The number of thiophene rings is 1. The number of hydrogen-bond acceptors (Lipinski definition) is 3. The van der Waals surface area contributed by atoms with E-state index in [1.807, 2.05) is 19.1 Å². The number of aryl methyl sites for hydroxylation is 1. The fourth-order valence-corrected chi connectivity index (χ4v) is 4.83. The molecule has 0 saturated heterocycles. The minimum Gasteiger partial charge on any atom is -0.478 e. The summed E-state index contributed by atoms with van der Waals surface area (Å²) in [5.41, 5.74) is 2.98. The van der Waals surface area contributed by atoms with Gasteiger partial charge in [-0.25, -0.2) is 4.79 Å².